The lowest BCUT2D eigenvalue weighted by Crippen LogP contribution is -2.17. The highest BCUT2D eigenvalue weighted by molar-refractivity contribution is 8.00. The number of hydrogen-bond acceptors (Lipinski definition) is 7. The van der Waals surface area contributed by atoms with E-state index < -0.39 is 5.91 Å². The summed E-state index contributed by atoms with van der Waals surface area (Å²) in [6.45, 7) is 0. The smallest absolute Gasteiger partial charge is 0.234 e. The van der Waals surface area contributed by atoms with Crippen LogP contribution in [0.1, 0.15) is 0 Å². The van der Waals surface area contributed by atoms with Crippen molar-refractivity contribution in [1.82, 2.24) is 14.9 Å². The van der Waals surface area contributed by atoms with Crippen LogP contribution in [0.5, 0.6) is 0 Å². The van der Waals surface area contributed by atoms with Gasteiger partial charge in [-0.15, -0.1) is 22.0 Å². The second-order valence-electron chi connectivity index (χ2n) is 5.89. The molecule has 0 aliphatic carbocycles. The van der Waals surface area contributed by atoms with Crippen LogP contribution < -0.4 is 16.9 Å². The summed E-state index contributed by atoms with van der Waals surface area (Å²) in [6, 6.07) is 12.1. The van der Waals surface area contributed by atoms with E-state index >= 15 is 0 Å². The minimum absolute atomic E-state index is 0.0541. The van der Waals surface area contributed by atoms with Crippen molar-refractivity contribution in [3.8, 4) is 11.4 Å². The Hall–Kier alpha value is -2.40. The first-order valence-corrected chi connectivity index (χ1v) is 11.2. The van der Waals surface area contributed by atoms with Gasteiger partial charge in [-0.25, -0.2) is 4.68 Å². The van der Waals surface area contributed by atoms with Crippen molar-refractivity contribution in [3.05, 3.63) is 52.5 Å². The lowest BCUT2D eigenvalue weighted by Gasteiger charge is -2.10. The standard InChI is InChI=1S/C18H16Cl2N6O2S2/c19-10-5-6-11(12(20)7-10)17-24-25-18(26(17)22)30-9-16(28)23-13-3-1-2-4-14(13)29-8-15(21)27/h1-7H,8-9,22H2,(H2,21,27)(H,23,28). The number of hydrogen-bond donors (Lipinski definition) is 3. The van der Waals surface area contributed by atoms with Crippen LogP contribution in [0.15, 0.2) is 52.5 Å². The van der Waals surface area contributed by atoms with Crippen LogP contribution in [0.25, 0.3) is 11.4 Å². The van der Waals surface area contributed by atoms with E-state index in [0.717, 1.165) is 16.7 Å². The number of thioether (sulfide) groups is 2. The van der Waals surface area contributed by atoms with Crippen LogP contribution in [-0.4, -0.2) is 38.2 Å². The van der Waals surface area contributed by atoms with Gasteiger partial charge in [0.1, 0.15) is 0 Å². The zero-order valence-corrected chi connectivity index (χ0v) is 18.5. The van der Waals surface area contributed by atoms with Crippen LogP contribution >= 0.6 is 46.7 Å². The molecule has 3 aromatic rings. The van der Waals surface area contributed by atoms with Gasteiger partial charge >= 0.3 is 0 Å². The highest BCUT2D eigenvalue weighted by atomic mass is 35.5. The van der Waals surface area contributed by atoms with Crippen LogP contribution in [-0.2, 0) is 9.59 Å². The number of rotatable bonds is 8. The number of primary amides is 1. The quantitative estimate of drug-likeness (QED) is 0.331. The number of nitrogens with one attached hydrogen (secondary N) is 1. The number of nitrogen functional groups attached to an aromatic ring is 1. The van der Waals surface area contributed by atoms with Gasteiger partial charge in [0.15, 0.2) is 5.82 Å². The molecule has 0 saturated heterocycles. The Morgan fingerprint density at radius 2 is 1.83 bits per heavy atom. The second-order valence-corrected chi connectivity index (χ2v) is 8.69. The van der Waals surface area contributed by atoms with Crippen molar-refractivity contribution in [2.24, 2.45) is 5.73 Å². The molecule has 1 aromatic heterocycles. The van der Waals surface area contributed by atoms with Crippen molar-refractivity contribution < 1.29 is 9.59 Å². The maximum absolute atomic E-state index is 12.4. The molecule has 156 valence electrons. The van der Waals surface area contributed by atoms with Gasteiger partial charge in [0, 0.05) is 15.5 Å². The van der Waals surface area contributed by atoms with E-state index in [2.05, 4.69) is 15.5 Å². The SMILES string of the molecule is NC(=O)CSc1ccccc1NC(=O)CSc1nnc(-c2ccc(Cl)cc2Cl)n1N. The molecule has 0 radical (unpaired) electrons. The molecule has 2 amide bonds. The van der Waals surface area contributed by atoms with Crippen LogP contribution in [0.4, 0.5) is 5.69 Å². The fourth-order valence-corrected chi connectivity index (χ4v) is 4.29. The summed E-state index contributed by atoms with van der Waals surface area (Å²) in [4.78, 5) is 24.1. The molecule has 0 bridgehead atoms. The molecule has 30 heavy (non-hydrogen) atoms. The molecular weight excluding hydrogens is 467 g/mol. The number of carbonyl (C=O) groups excluding carboxylic acids is 2. The molecule has 1 heterocycles. The Labute approximate surface area is 190 Å². The average molecular weight is 483 g/mol. The van der Waals surface area contributed by atoms with E-state index in [-0.39, 0.29) is 17.4 Å². The summed E-state index contributed by atoms with van der Waals surface area (Å²) >= 11 is 14.5. The number of carbonyl (C=O) groups is 2. The molecule has 5 N–H and O–H groups in total. The Balaban J connectivity index is 1.65. The fraction of sp³-hybridized carbons (Fsp3) is 0.111. The Kier molecular flexibility index (Phi) is 7.48. The lowest BCUT2D eigenvalue weighted by atomic mass is 10.2. The number of halogens is 2. The summed E-state index contributed by atoms with van der Waals surface area (Å²) in [7, 11) is 0. The number of nitrogens with two attached hydrogens (primary N) is 2. The first-order chi connectivity index (χ1) is 14.3. The van der Waals surface area contributed by atoms with Gasteiger partial charge in [0.05, 0.1) is 22.2 Å². The van der Waals surface area contributed by atoms with Gasteiger partial charge in [-0.2, -0.15) is 0 Å². The van der Waals surface area contributed by atoms with Gasteiger partial charge < -0.3 is 16.9 Å². The highest BCUT2D eigenvalue weighted by Crippen LogP contribution is 2.30. The topological polar surface area (TPSA) is 129 Å². The number of nitrogens with zero attached hydrogens (tertiary/aromatic N) is 3. The molecule has 3 rings (SSSR count). The van der Waals surface area contributed by atoms with Gasteiger partial charge in [-0.3, -0.25) is 9.59 Å². The molecule has 8 nitrogen and oxygen atoms in total. The minimum Gasteiger partial charge on any atom is -0.369 e. The van der Waals surface area contributed by atoms with E-state index in [9.17, 15) is 9.59 Å². The zero-order valence-electron chi connectivity index (χ0n) is 15.3. The molecule has 0 spiro atoms. The number of para-hydroxylation sites is 1. The van der Waals surface area contributed by atoms with Crippen molar-refractivity contribution in [2.75, 3.05) is 22.7 Å². The normalized spacial score (nSPS) is 10.7. The zero-order chi connectivity index (χ0) is 21.7. The third kappa shape index (κ3) is 5.60. The largest absolute Gasteiger partial charge is 0.369 e. The monoisotopic (exact) mass is 482 g/mol. The maximum Gasteiger partial charge on any atom is 0.234 e. The molecule has 0 unspecified atom stereocenters. The van der Waals surface area contributed by atoms with E-state index in [4.69, 9.17) is 34.8 Å². The molecule has 0 saturated carbocycles. The molecule has 0 aliphatic rings. The van der Waals surface area contributed by atoms with Gasteiger partial charge in [0.25, 0.3) is 0 Å². The second kappa shape index (κ2) is 10.1. The van der Waals surface area contributed by atoms with Crippen molar-refractivity contribution in [1.29, 1.82) is 0 Å². The van der Waals surface area contributed by atoms with Crippen LogP contribution in [0, 0.1) is 0 Å². The maximum atomic E-state index is 12.4. The van der Waals surface area contributed by atoms with Crippen LogP contribution in [0.2, 0.25) is 10.0 Å². The van der Waals surface area contributed by atoms with Crippen LogP contribution in [0.3, 0.4) is 0 Å². The third-order valence-electron chi connectivity index (χ3n) is 3.70. The summed E-state index contributed by atoms with van der Waals surface area (Å²) < 4.78 is 1.27. The van der Waals surface area contributed by atoms with E-state index in [1.165, 1.54) is 16.4 Å². The first kappa shape index (κ1) is 22.3. The first-order valence-electron chi connectivity index (χ1n) is 8.44. The van der Waals surface area contributed by atoms with Gasteiger partial charge in [-0.05, 0) is 30.3 Å². The van der Waals surface area contributed by atoms with Crippen molar-refractivity contribution in [3.63, 3.8) is 0 Å². The predicted octanol–water partition coefficient (Wildman–Crippen LogP) is 3.27. The minimum atomic E-state index is -0.435. The number of amides is 2. The third-order valence-corrected chi connectivity index (χ3v) is 6.29. The summed E-state index contributed by atoms with van der Waals surface area (Å²) in [6.07, 6.45) is 0. The molecule has 0 aliphatic heterocycles. The summed E-state index contributed by atoms with van der Waals surface area (Å²) in [5, 5.41) is 12.1. The Bertz CT molecular complexity index is 1090. The fourth-order valence-electron chi connectivity index (χ4n) is 2.39. The summed E-state index contributed by atoms with van der Waals surface area (Å²) in [5.41, 5.74) is 6.36. The van der Waals surface area contributed by atoms with E-state index in [1.54, 1.807) is 36.4 Å². The molecule has 2 aromatic carbocycles. The average Bonchev–Trinajstić information content (AvgIpc) is 3.06. The lowest BCUT2D eigenvalue weighted by molar-refractivity contribution is -0.115. The molecule has 0 atom stereocenters. The van der Waals surface area contributed by atoms with Gasteiger partial charge in [-0.1, -0.05) is 47.1 Å². The molecule has 0 fully saturated rings. The Morgan fingerprint density at radius 1 is 1.07 bits per heavy atom. The summed E-state index contributed by atoms with van der Waals surface area (Å²) in [5.74, 6) is 5.90. The predicted molar refractivity (Wildman–Crippen MR) is 121 cm³/mol. The number of anilines is 1. The van der Waals surface area contributed by atoms with E-state index in [0.29, 0.717) is 32.3 Å². The number of benzene rings is 2. The molecular formula is C18H16Cl2N6O2S2. The van der Waals surface area contributed by atoms with Crippen molar-refractivity contribution in [2.45, 2.75) is 10.1 Å². The van der Waals surface area contributed by atoms with Gasteiger partial charge in [0.2, 0.25) is 17.0 Å². The van der Waals surface area contributed by atoms with Crippen molar-refractivity contribution >= 4 is 64.2 Å². The van der Waals surface area contributed by atoms with E-state index in [1.807, 2.05) is 6.07 Å². The molecule has 12 heteroatoms. The Morgan fingerprint density at radius 3 is 2.57 bits per heavy atom. The number of aromatic nitrogens is 3. The highest BCUT2D eigenvalue weighted by Gasteiger charge is 2.17.